The Morgan fingerprint density at radius 3 is 2.78 bits per heavy atom. The van der Waals surface area contributed by atoms with Crippen molar-refractivity contribution in [1.82, 2.24) is 9.97 Å². The van der Waals surface area contributed by atoms with Crippen LogP contribution < -0.4 is 5.73 Å². The number of H-pyrrole nitrogens is 1. The van der Waals surface area contributed by atoms with Gasteiger partial charge in [-0.15, -0.1) is 0 Å². The van der Waals surface area contributed by atoms with Gasteiger partial charge in [-0.1, -0.05) is 40.5 Å². The summed E-state index contributed by atoms with van der Waals surface area (Å²) in [4.78, 5) is 7.80. The summed E-state index contributed by atoms with van der Waals surface area (Å²) in [6.07, 6.45) is 6.29. The van der Waals surface area contributed by atoms with Crippen molar-refractivity contribution in [2.24, 2.45) is 5.73 Å². The Balaban J connectivity index is 2.00. The average molecular weight is 308 g/mol. The number of aromatic nitrogens is 2. The first-order chi connectivity index (χ1) is 8.81. The molecule has 0 unspecified atom stereocenters. The van der Waals surface area contributed by atoms with Crippen LogP contribution in [0.4, 0.5) is 0 Å². The lowest BCUT2D eigenvalue weighted by atomic mass is 10.2. The molecule has 0 saturated heterocycles. The van der Waals surface area contributed by atoms with E-state index in [2.05, 4.69) is 32.0 Å². The fraction of sp³-hybridized carbons (Fsp3) is 0.357. The third-order valence-corrected chi connectivity index (χ3v) is 3.60. The van der Waals surface area contributed by atoms with Gasteiger partial charge in [0.1, 0.15) is 5.82 Å². The van der Waals surface area contributed by atoms with Crippen molar-refractivity contribution in [1.29, 1.82) is 0 Å². The quantitative estimate of drug-likeness (QED) is 0.802. The largest absolute Gasteiger partial charge is 0.342 e. The van der Waals surface area contributed by atoms with Crippen LogP contribution in [0.3, 0.4) is 0 Å². The van der Waals surface area contributed by atoms with Crippen molar-refractivity contribution >= 4 is 15.9 Å². The van der Waals surface area contributed by atoms with Gasteiger partial charge in [-0.2, -0.15) is 0 Å². The standard InChI is InChI=1S/C14H18BrN3/c15-12-7-4-3-6-11(12)13-10-17-14(18-13)8-2-1-5-9-16/h3-4,6-7,10H,1-2,5,8-9,16H2,(H,17,18). The van der Waals surface area contributed by atoms with E-state index in [-0.39, 0.29) is 0 Å². The Morgan fingerprint density at radius 2 is 2.00 bits per heavy atom. The van der Waals surface area contributed by atoms with Crippen LogP contribution in [0.15, 0.2) is 34.9 Å². The summed E-state index contributed by atoms with van der Waals surface area (Å²) >= 11 is 3.55. The topological polar surface area (TPSA) is 54.7 Å². The number of unbranched alkanes of at least 4 members (excludes halogenated alkanes) is 2. The molecule has 1 aromatic heterocycles. The molecule has 4 heteroatoms. The second-order valence-corrected chi connectivity index (χ2v) is 5.18. The number of halogens is 1. The minimum Gasteiger partial charge on any atom is -0.342 e. The molecule has 0 aliphatic heterocycles. The third kappa shape index (κ3) is 3.43. The van der Waals surface area contributed by atoms with Gasteiger partial charge in [-0.25, -0.2) is 4.98 Å². The maximum absolute atomic E-state index is 5.48. The Labute approximate surface area is 116 Å². The van der Waals surface area contributed by atoms with Crippen LogP contribution in [0.2, 0.25) is 0 Å². The highest BCUT2D eigenvalue weighted by molar-refractivity contribution is 9.10. The van der Waals surface area contributed by atoms with E-state index in [1.807, 2.05) is 24.4 Å². The first-order valence-corrected chi connectivity index (χ1v) is 7.09. The van der Waals surface area contributed by atoms with Crippen molar-refractivity contribution in [2.75, 3.05) is 6.54 Å². The van der Waals surface area contributed by atoms with Gasteiger partial charge in [0.15, 0.2) is 0 Å². The average Bonchev–Trinajstić information content (AvgIpc) is 2.84. The number of aromatic amines is 1. The van der Waals surface area contributed by atoms with Gasteiger partial charge < -0.3 is 10.7 Å². The molecule has 1 aromatic carbocycles. The molecule has 96 valence electrons. The molecule has 0 amide bonds. The number of nitrogens with two attached hydrogens (primary N) is 1. The predicted octanol–water partition coefficient (Wildman–Crippen LogP) is 3.51. The van der Waals surface area contributed by atoms with E-state index < -0.39 is 0 Å². The number of hydrogen-bond donors (Lipinski definition) is 2. The van der Waals surface area contributed by atoms with E-state index in [4.69, 9.17) is 5.73 Å². The van der Waals surface area contributed by atoms with E-state index in [9.17, 15) is 0 Å². The number of nitrogens with one attached hydrogen (secondary N) is 1. The number of benzene rings is 1. The number of nitrogens with zero attached hydrogens (tertiary/aromatic N) is 1. The summed E-state index contributed by atoms with van der Waals surface area (Å²) in [6, 6.07) is 8.16. The van der Waals surface area contributed by atoms with Crippen molar-refractivity contribution < 1.29 is 0 Å². The van der Waals surface area contributed by atoms with Crippen molar-refractivity contribution in [3.63, 3.8) is 0 Å². The summed E-state index contributed by atoms with van der Waals surface area (Å²) in [7, 11) is 0. The fourth-order valence-electron chi connectivity index (χ4n) is 1.92. The molecular weight excluding hydrogens is 290 g/mol. The molecule has 3 nitrogen and oxygen atoms in total. The molecule has 18 heavy (non-hydrogen) atoms. The van der Waals surface area contributed by atoms with Crippen molar-refractivity contribution in [3.8, 4) is 11.3 Å². The van der Waals surface area contributed by atoms with Crippen LogP contribution in [0.5, 0.6) is 0 Å². The highest BCUT2D eigenvalue weighted by atomic mass is 79.9. The molecule has 0 saturated carbocycles. The molecule has 2 aromatic rings. The van der Waals surface area contributed by atoms with E-state index in [0.29, 0.717) is 0 Å². The Bertz CT molecular complexity index is 493. The lowest BCUT2D eigenvalue weighted by Crippen LogP contribution is -1.98. The second-order valence-electron chi connectivity index (χ2n) is 4.32. The van der Waals surface area contributed by atoms with Gasteiger partial charge in [0, 0.05) is 16.5 Å². The zero-order chi connectivity index (χ0) is 12.8. The molecule has 0 fully saturated rings. The molecule has 3 N–H and O–H groups in total. The third-order valence-electron chi connectivity index (χ3n) is 2.91. The molecule has 0 radical (unpaired) electrons. The summed E-state index contributed by atoms with van der Waals surface area (Å²) in [6.45, 7) is 0.778. The lowest BCUT2D eigenvalue weighted by molar-refractivity contribution is 0.673. The van der Waals surface area contributed by atoms with Crippen LogP contribution in [0, 0.1) is 0 Å². The highest BCUT2D eigenvalue weighted by Gasteiger charge is 2.05. The normalized spacial score (nSPS) is 10.8. The highest BCUT2D eigenvalue weighted by Crippen LogP contribution is 2.26. The SMILES string of the molecule is NCCCCCc1ncc(-c2ccccc2Br)[nH]1. The maximum Gasteiger partial charge on any atom is 0.106 e. The van der Waals surface area contributed by atoms with Gasteiger partial charge in [0.25, 0.3) is 0 Å². The van der Waals surface area contributed by atoms with Crippen LogP contribution in [-0.4, -0.2) is 16.5 Å². The molecule has 0 aliphatic rings. The number of hydrogen-bond acceptors (Lipinski definition) is 2. The Hall–Kier alpha value is -1.13. The molecule has 0 aliphatic carbocycles. The zero-order valence-corrected chi connectivity index (χ0v) is 11.9. The Morgan fingerprint density at radius 1 is 1.17 bits per heavy atom. The number of rotatable bonds is 6. The zero-order valence-electron chi connectivity index (χ0n) is 10.3. The molecular formula is C14H18BrN3. The molecule has 0 spiro atoms. The smallest absolute Gasteiger partial charge is 0.106 e. The van der Waals surface area contributed by atoms with Crippen LogP contribution in [0.25, 0.3) is 11.3 Å². The van der Waals surface area contributed by atoms with E-state index >= 15 is 0 Å². The van der Waals surface area contributed by atoms with Gasteiger partial charge in [-0.3, -0.25) is 0 Å². The molecule has 2 rings (SSSR count). The molecule has 1 heterocycles. The Kier molecular flexibility index (Phi) is 4.96. The molecule has 0 bridgehead atoms. The summed E-state index contributed by atoms with van der Waals surface area (Å²) in [5, 5.41) is 0. The summed E-state index contributed by atoms with van der Waals surface area (Å²) in [5.41, 5.74) is 7.69. The first-order valence-electron chi connectivity index (χ1n) is 6.30. The number of aryl methyl sites for hydroxylation is 1. The van der Waals surface area contributed by atoms with Crippen LogP contribution >= 0.6 is 15.9 Å². The van der Waals surface area contributed by atoms with Gasteiger partial charge >= 0.3 is 0 Å². The maximum atomic E-state index is 5.48. The fourth-order valence-corrected chi connectivity index (χ4v) is 2.42. The van der Waals surface area contributed by atoms with E-state index in [0.717, 1.165) is 47.4 Å². The molecule has 0 atom stereocenters. The summed E-state index contributed by atoms with van der Waals surface area (Å²) < 4.78 is 1.09. The lowest BCUT2D eigenvalue weighted by Gasteiger charge is -2.00. The van der Waals surface area contributed by atoms with Crippen molar-refractivity contribution in [3.05, 3.63) is 40.8 Å². The predicted molar refractivity (Wildman–Crippen MR) is 78.3 cm³/mol. The van der Waals surface area contributed by atoms with Gasteiger partial charge in [0.2, 0.25) is 0 Å². The van der Waals surface area contributed by atoms with Crippen LogP contribution in [-0.2, 0) is 6.42 Å². The summed E-state index contributed by atoms with van der Waals surface area (Å²) in [5.74, 6) is 1.05. The van der Waals surface area contributed by atoms with E-state index in [1.165, 1.54) is 6.42 Å². The van der Waals surface area contributed by atoms with Crippen LogP contribution in [0.1, 0.15) is 25.1 Å². The first kappa shape index (κ1) is 13.3. The second kappa shape index (κ2) is 6.71. The van der Waals surface area contributed by atoms with Gasteiger partial charge in [0.05, 0.1) is 11.9 Å². The monoisotopic (exact) mass is 307 g/mol. The minimum atomic E-state index is 0.778. The van der Waals surface area contributed by atoms with Crippen molar-refractivity contribution in [2.45, 2.75) is 25.7 Å². The minimum absolute atomic E-state index is 0.778. The van der Waals surface area contributed by atoms with Gasteiger partial charge in [-0.05, 0) is 25.5 Å². The number of imidazole rings is 1. The van der Waals surface area contributed by atoms with E-state index in [1.54, 1.807) is 0 Å².